The number of nitrogens with zero attached hydrogens (tertiary/aromatic N) is 2. The summed E-state index contributed by atoms with van der Waals surface area (Å²) in [4.78, 5) is 15.6. The lowest BCUT2D eigenvalue weighted by Gasteiger charge is -2.09. The van der Waals surface area contributed by atoms with Crippen LogP contribution < -0.4 is 4.74 Å². The zero-order chi connectivity index (χ0) is 20.4. The predicted molar refractivity (Wildman–Crippen MR) is 120 cm³/mol. The Hall–Kier alpha value is -2.51. The number of aliphatic carboxylic acids is 1. The number of thioether (sulfide) groups is 1. The summed E-state index contributed by atoms with van der Waals surface area (Å²) in [5, 5.41) is 13.3. The lowest BCUT2D eigenvalue weighted by Crippen LogP contribution is -2.02. The number of aromatic nitrogens is 2. The summed E-state index contributed by atoms with van der Waals surface area (Å²) in [7, 11) is 1.65. The quantitative estimate of drug-likeness (QED) is 0.295. The van der Waals surface area contributed by atoms with Crippen molar-refractivity contribution in [2.45, 2.75) is 31.5 Å². The molecule has 1 N–H and O–H groups in total. The maximum atomic E-state index is 10.8. The number of carboxylic acid groups (broad SMARTS) is 1. The molecule has 0 radical (unpaired) electrons. The van der Waals surface area contributed by atoms with Crippen molar-refractivity contribution >= 4 is 50.2 Å². The van der Waals surface area contributed by atoms with Crippen molar-refractivity contribution in [2.75, 3.05) is 12.9 Å². The average molecular weight is 427 g/mol. The Labute approximate surface area is 177 Å². The van der Waals surface area contributed by atoms with Gasteiger partial charge in [0.2, 0.25) is 0 Å². The van der Waals surface area contributed by atoms with Crippen LogP contribution in [0.5, 0.6) is 5.75 Å². The van der Waals surface area contributed by atoms with E-state index in [4.69, 9.17) is 14.8 Å². The molecule has 4 rings (SSSR count). The Bertz CT molecular complexity index is 1180. The second-order valence-corrected chi connectivity index (χ2v) is 8.91. The third-order valence-corrected chi connectivity index (χ3v) is 6.90. The number of hydrogen-bond donors (Lipinski definition) is 1. The highest BCUT2D eigenvalue weighted by molar-refractivity contribution is 7.99. The Morgan fingerprint density at radius 3 is 2.93 bits per heavy atom. The number of rotatable bonds is 8. The van der Waals surface area contributed by atoms with Crippen LogP contribution in [-0.4, -0.2) is 33.5 Å². The van der Waals surface area contributed by atoms with Crippen molar-refractivity contribution < 1.29 is 14.6 Å². The van der Waals surface area contributed by atoms with E-state index >= 15 is 0 Å². The number of fused-ring (bicyclic) bond motifs is 2. The first kappa shape index (κ1) is 19.8. The van der Waals surface area contributed by atoms with Crippen LogP contribution in [0.1, 0.15) is 24.0 Å². The molecule has 0 spiro atoms. The molecule has 0 fully saturated rings. The van der Waals surface area contributed by atoms with Crippen molar-refractivity contribution in [2.24, 2.45) is 0 Å². The van der Waals surface area contributed by atoms with E-state index in [1.54, 1.807) is 30.2 Å². The van der Waals surface area contributed by atoms with Gasteiger partial charge in [-0.2, -0.15) is 0 Å². The molecule has 5 nitrogen and oxygen atoms in total. The van der Waals surface area contributed by atoms with E-state index in [1.165, 1.54) is 21.2 Å². The number of ether oxygens (including phenoxy) is 1. The highest BCUT2D eigenvalue weighted by atomic mass is 32.2. The Balaban J connectivity index is 1.70. The molecule has 0 amide bonds. The molecule has 7 heteroatoms. The molecule has 2 heterocycles. The van der Waals surface area contributed by atoms with Crippen LogP contribution in [0.15, 0.2) is 46.9 Å². The van der Waals surface area contributed by atoms with Crippen LogP contribution in [0.25, 0.3) is 21.1 Å². The van der Waals surface area contributed by atoms with Gasteiger partial charge in [0.1, 0.15) is 5.75 Å². The van der Waals surface area contributed by atoms with Crippen molar-refractivity contribution in [3.63, 3.8) is 0 Å². The van der Waals surface area contributed by atoms with E-state index in [9.17, 15) is 4.79 Å². The first-order chi connectivity index (χ1) is 14.0. The summed E-state index contributed by atoms with van der Waals surface area (Å²) in [6, 6.07) is 12.5. The van der Waals surface area contributed by atoms with Gasteiger partial charge in [-0.25, -0.2) is 4.98 Å². The minimum atomic E-state index is -0.760. The summed E-state index contributed by atoms with van der Waals surface area (Å²) in [6.45, 7) is 2.84. The van der Waals surface area contributed by atoms with Gasteiger partial charge < -0.3 is 14.4 Å². The molecule has 0 saturated carbocycles. The van der Waals surface area contributed by atoms with E-state index in [-0.39, 0.29) is 6.42 Å². The summed E-state index contributed by atoms with van der Waals surface area (Å²) < 4.78 is 8.86. The summed E-state index contributed by atoms with van der Waals surface area (Å²) in [5.41, 5.74) is 4.47. The normalized spacial score (nSPS) is 11.4. The number of hydrogen-bond acceptors (Lipinski definition) is 5. The molecule has 150 valence electrons. The second kappa shape index (κ2) is 8.47. The molecule has 0 aliphatic carbocycles. The zero-order valence-electron chi connectivity index (χ0n) is 16.3. The smallest absolute Gasteiger partial charge is 0.303 e. The van der Waals surface area contributed by atoms with Crippen LogP contribution in [0, 0.1) is 6.92 Å². The van der Waals surface area contributed by atoms with Crippen LogP contribution in [0.2, 0.25) is 0 Å². The molecule has 0 saturated heterocycles. The van der Waals surface area contributed by atoms with Crippen LogP contribution >= 0.6 is 23.1 Å². The van der Waals surface area contributed by atoms with Crippen LogP contribution in [0.4, 0.5) is 0 Å². The molecule has 2 aromatic heterocycles. The second-order valence-electron chi connectivity index (χ2n) is 6.94. The lowest BCUT2D eigenvalue weighted by molar-refractivity contribution is -0.137. The third kappa shape index (κ3) is 4.26. The number of carbonyl (C=O) groups is 1. The van der Waals surface area contributed by atoms with E-state index in [2.05, 4.69) is 35.1 Å². The predicted octanol–water partition coefficient (Wildman–Crippen LogP) is 5.57. The van der Waals surface area contributed by atoms with Gasteiger partial charge >= 0.3 is 5.97 Å². The third-order valence-electron chi connectivity index (χ3n) is 4.82. The summed E-state index contributed by atoms with van der Waals surface area (Å²) >= 11 is 3.37. The van der Waals surface area contributed by atoms with Gasteiger partial charge in [0.05, 0.1) is 24.7 Å². The van der Waals surface area contributed by atoms with E-state index < -0.39 is 5.97 Å². The van der Waals surface area contributed by atoms with Crippen molar-refractivity contribution in [1.82, 2.24) is 9.55 Å². The number of benzene rings is 2. The highest BCUT2D eigenvalue weighted by Gasteiger charge is 2.15. The van der Waals surface area contributed by atoms with Gasteiger partial charge in [-0.05, 0) is 47.9 Å². The SMILES string of the molecule is COc1ccc2c(c1)nc(SCCCC(=O)O)n2Cc1csc2ccc(C)cc12. The number of imidazole rings is 1. The standard InChI is InChI=1S/C22H22N2O3S2/c1-14-5-8-20-17(10-14)15(13-29-20)12-24-19-7-6-16(27-2)11-18(19)23-22(24)28-9-3-4-21(25)26/h5-8,10-11,13H,3-4,9,12H2,1-2H3,(H,25,26). The number of thiophene rings is 1. The molecule has 2 aromatic carbocycles. The minimum absolute atomic E-state index is 0.176. The van der Waals surface area contributed by atoms with Gasteiger partial charge in [0, 0.05) is 22.9 Å². The average Bonchev–Trinajstić information content (AvgIpc) is 3.26. The topological polar surface area (TPSA) is 64.3 Å². The maximum absolute atomic E-state index is 10.8. The molecule has 0 atom stereocenters. The molecule has 0 unspecified atom stereocenters. The van der Waals surface area contributed by atoms with Crippen molar-refractivity contribution in [1.29, 1.82) is 0 Å². The summed E-state index contributed by atoms with van der Waals surface area (Å²) in [6.07, 6.45) is 0.794. The number of methoxy groups -OCH3 is 1. The minimum Gasteiger partial charge on any atom is -0.497 e. The van der Waals surface area contributed by atoms with E-state index in [0.717, 1.165) is 34.2 Å². The van der Waals surface area contributed by atoms with Gasteiger partial charge in [-0.1, -0.05) is 29.5 Å². The molecule has 0 aliphatic heterocycles. The molecule has 0 bridgehead atoms. The van der Waals surface area contributed by atoms with Gasteiger partial charge in [0.15, 0.2) is 5.16 Å². The monoisotopic (exact) mass is 426 g/mol. The number of carboxylic acids is 1. The van der Waals surface area contributed by atoms with Crippen LogP contribution in [-0.2, 0) is 11.3 Å². The largest absolute Gasteiger partial charge is 0.497 e. The lowest BCUT2D eigenvalue weighted by atomic mass is 10.1. The van der Waals surface area contributed by atoms with Crippen molar-refractivity contribution in [3.8, 4) is 5.75 Å². The molecular formula is C22H22N2O3S2. The Morgan fingerprint density at radius 2 is 2.14 bits per heavy atom. The molecule has 0 aliphatic rings. The fraction of sp³-hybridized carbons (Fsp3) is 0.273. The highest BCUT2D eigenvalue weighted by Crippen LogP contribution is 2.32. The molecule has 29 heavy (non-hydrogen) atoms. The van der Waals surface area contributed by atoms with Gasteiger partial charge in [-0.3, -0.25) is 4.79 Å². The molecular weight excluding hydrogens is 404 g/mol. The first-order valence-corrected chi connectivity index (χ1v) is 11.3. The zero-order valence-corrected chi connectivity index (χ0v) is 18.0. The Kier molecular flexibility index (Phi) is 5.78. The fourth-order valence-corrected chi connectivity index (χ4v) is 5.24. The summed E-state index contributed by atoms with van der Waals surface area (Å²) in [5.74, 6) is 0.737. The maximum Gasteiger partial charge on any atom is 0.303 e. The van der Waals surface area contributed by atoms with E-state index in [1.807, 2.05) is 18.2 Å². The number of aryl methyl sites for hydroxylation is 1. The van der Waals surface area contributed by atoms with E-state index in [0.29, 0.717) is 6.42 Å². The Morgan fingerprint density at radius 1 is 1.28 bits per heavy atom. The first-order valence-electron chi connectivity index (χ1n) is 9.41. The molecule has 4 aromatic rings. The van der Waals surface area contributed by atoms with Gasteiger partial charge in [-0.15, -0.1) is 11.3 Å². The van der Waals surface area contributed by atoms with Crippen molar-refractivity contribution in [3.05, 3.63) is 52.9 Å². The van der Waals surface area contributed by atoms with Crippen LogP contribution in [0.3, 0.4) is 0 Å². The fourth-order valence-electron chi connectivity index (χ4n) is 3.35. The van der Waals surface area contributed by atoms with Gasteiger partial charge in [0.25, 0.3) is 0 Å².